The molecule has 0 aromatic carbocycles. The molecule has 2 aliphatic rings. The van der Waals surface area contributed by atoms with Gasteiger partial charge in [0.05, 0.1) is 6.10 Å². The van der Waals surface area contributed by atoms with Gasteiger partial charge in [-0.15, -0.1) is 0 Å². The Bertz CT molecular complexity index is 468. The first kappa shape index (κ1) is 21.3. The van der Waals surface area contributed by atoms with Crippen LogP contribution < -0.4 is 0 Å². The molecule has 2 aliphatic carbocycles. The van der Waals surface area contributed by atoms with E-state index in [2.05, 4.69) is 19.1 Å². The molecule has 1 fully saturated rings. The van der Waals surface area contributed by atoms with Crippen molar-refractivity contribution >= 4 is 11.6 Å². The summed E-state index contributed by atoms with van der Waals surface area (Å²) in [7, 11) is 0. The van der Waals surface area contributed by atoms with Crippen LogP contribution in [0.25, 0.3) is 0 Å². The second-order valence-electron chi connectivity index (χ2n) is 8.47. The fourth-order valence-corrected chi connectivity index (χ4v) is 4.86. The summed E-state index contributed by atoms with van der Waals surface area (Å²) in [5.74, 6) is 1.55. The second kappa shape index (κ2) is 11.7. The molecule has 1 saturated carbocycles. The molecule has 4 atom stereocenters. The van der Waals surface area contributed by atoms with E-state index in [1.54, 1.807) is 0 Å². The monoisotopic (exact) mass is 362 g/mol. The molecular formula is C23H38O3. The minimum absolute atomic E-state index is 0.181. The number of rotatable bonds is 9. The number of unbranched alkanes of at least 4 members (excludes halogenated alkanes) is 4. The second-order valence-corrected chi connectivity index (χ2v) is 8.47. The van der Waals surface area contributed by atoms with E-state index in [1.165, 1.54) is 19.3 Å². The van der Waals surface area contributed by atoms with Crippen molar-refractivity contribution in [3.8, 4) is 0 Å². The van der Waals surface area contributed by atoms with Crippen LogP contribution in [0.2, 0.25) is 0 Å². The van der Waals surface area contributed by atoms with E-state index in [1.807, 2.05) is 0 Å². The average molecular weight is 363 g/mol. The number of aliphatic hydroxyl groups excluding tert-OH is 1. The Kier molecular flexibility index (Phi) is 9.60. The maximum Gasteiger partial charge on any atom is 0.133 e. The quantitative estimate of drug-likeness (QED) is 0.441. The molecule has 0 saturated heterocycles. The van der Waals surface area contributed by atoms with Gasteiger partial charge in [-0.3, -0.25) is 9.59 Å². The first-order chi connectivity index (χ1) is 12.6. The van der Waals surface area contributed by atoms with Crippen LogP contribution in [0.3, 0.4) is 0 Å². The molecule has 2 rings (SSSR count). The number of aliphatic hydroxyl groups is 1. The zero-order chi connectivity index (χ0) is 18.8. The maximum atomic E-state index is 12.2. The number of hydrogen-bond acceptors (Lipinski definition) is 3. The number of fused-ring (bicyclic) bond motifs is 1. The van der Waals surface area contributed by atoms with Crippen molar-refractivity contribution < 1.29 is 14.7 Å². The summed E-state index contributed by atoms with van der Waals surface area (Å²) in [6.07, 6.45) is 17.0. The molecule has 26 heavy (non-hydrogen) atoms. The zero-order valence-electron chi connectivity index (χ0n) is 16.6. The predicted molar refractivity (Wildman–Crippen MR) is 106 cm³/mol. The summed E-state index contributed by atoms with van der Waals surface area (Å²) in [6, 6.07) is 0. The van der Waals surface area contributed by atoms with Gasteiger partial charge >= 0.3 is 0 Å². The highest BCUT2D eigenvalue weighted by atomic mass is 16.3. The number of ketones is 2. The van der Waals surface area contributed by atoms with Crippen LogP contribution in [0.4, 0.5) is 0 Å². The van der Waals surface area contributed by atoms with E-state index in [4.69, 9.17) is 0 Å². The smallest absolute Gasteiger partial charge is 0.133 e. The standard InChI is InChI=1S/C23H38O3/c1-2-3-4-5-8-11-19(24)14-15-22-21-13-10-7-6-9-12-20(25)16-18(21)17-23(22)26/h7,10,18,21-23,26H,2-6,8-9,11-17H2,1H3/t18-,21-,22+,23+/m0/s1. The van der Waals surface area contributed by atoms with E-state index in [9.17, 15) is 14.7 Å². The van der Waals surface area contributed by atoms with Crippen LogP contribution in [-0.4, -0.2) is 22.8 Å². The summed E-state index contributed by atoms with van der Waals surface area (Å²) < 4.78 is 0. The van der Waals surface area contributed by atoms with E-state index in [0.717, 1.165) is 44.9 Å². The van der Waals surface area contributed by atoms with Gasteiger partial charge in [0.25, 0.3) is 0 Å². The highest BCUT2D eigenvalue weighted by Gasteiger charge is 2.42. The Labute approximate surface area is 159 Å². The third-order valence-electron chi connectivity index (χ3n) is 6.40. The van der Waals surface area contributed by atoms with Gasteiger partial charge in [0.15, 0.2) is 0 Å². The Hall–Kier alpha value is -0.960. The van der Waals surface area contributed by atoms with Crippen molar-refractivity contribution in [2.24, 2.45) is 17.8 Å². The third-order valence-corrected chi connectivity index (χ3v) is 6.40. The van der Waals surface area contributed by atoms with Gasteiger partial charge in [-0.25, -0.2) is 0 Å². The minimum Gasteiger partial charge on any atom is -0.393 e. The molecule has 3 nitrogen and oxygen atoms in total. The molecule has 0 heterocycles. The van der Waals surface area contributed by atoms with Crippen molar-refractivity contribution in [2.75, 3.05) is 0 Å². The van der Waals surface area contributed by atoms with Crippen molar-refractivity contribution in [2.45, 2.75) is 103 Å². The zero-order valence-corrected chi connectivity index (χ0v) is 16.6. The molecule has 0 bridgehead atoms. The van der Waals surface area contributed by atoms with Gasteiger partial charge in [0.1, 0.15) is 11.6 Å². The number of hydrogen-bond donors (Lipinski definition) is 1. The number of carbonyl (C=O) groups is 2. The summed E-state index contributed by atoms with van der Waals surface area (Å²) in [6.45, 7) is 2.20. The Morgan fingerprint density at radius 3 is 2.77 bits per heavy atom. The predicted octanol–water partition coefficient (Wildman–Crippen LogP) is 5.40. The lowest BCUT2D eigenvalue weighted by molar-refractivity contribution is -0.121. The molecular weight excluding hydrogens is 324 g/mol. The molecule has 0 spiro atoms. The van der Waals surface area contributed by atoms with Gasteiger partial charge in [0, 0.05) is 25.7 Å². The molecule has 3 heteroatoms. The highest BCUT2D eigenvalue weighted by Crippen LogP contribution is 2.44. The fourth-order valence-electron chi connectivity index (χ4n) is 4.86. The molecule has 148 valence electrons. The van der Waals surface area contributed by atoms with Crippen molar-refractivity contribution in [1.82, 2.24) is 0 Å². The molecule has 0 radical (unpaired) electrons. The molecule has 0 aliphatic heterocycles. The molecule has 0 aromatic heterocycles. The third kappa shape index (κ3) is 6.98. The van der Waals surface area contributed by atoms with Gasteiger partial charge in [-0.05, 0) is 56.3 Å². The summed E-state index contributed by atoms with van der Waals surface area (Å²) in [4.78, 5) is 24.4. The summed E-state index contributed by atoms with van der Waals surface area (Å²) >= 11 is 0. The molecule has 0 amide bonds. The summed E-state index contributed by atoms with van der Waals surface area (Å²) in [5, 5.41) is 10.6. The largest absolute Gasteiger partial charge is 0.393 e. The topological polar surface area (TPSA) is 54.4 Å². The van der Waals surface area contributed by atoms with Crippen molar-refractivity contribution in [3.05, 3.63) is 12.2 Å². The lowest BCUT2D eigenvalue weighted by Gasteiger charge is -2.25. The van der Waals surface area contributed by atoms with Gasteiger partial charge < -0.3 is 5.11 Å². The Morgan fingerprint density at radius 2 is 1.96 bits per heavy atom. The highest BCUT2D eigenvalue weighted by molar-refractivity contribution is 5.79. The van der Waals surface area contributed by atoms with Gasteiger partial charge in [0.2, 0.25) is 0 Å². The molecule has 0 aromatic rings. The van der Waals surface area contributed by atoms with Crippen LogP contribution in [0, 0.1) is 17.8 Å². The van der Waals surface area contributed by atoms with Crippen LogP contribution in [0.1, 0.15) is 96.8 Å². The van der Waals surface area contributed by atoms with Crippen molar-refractivity contribution in [1.29, 1.82) is 0 Å². The molecule has 1 N–H and O–H groups in total. The average Bonchev–Trinajstić information content (AvgIpc) is 2.90. The van der Waals surface area contributed by atoms with Crippen molar-refractivity contribution in [3.63, 3.8) is 0 Å². The van der Waals surface area contributed by atoms with Gasteiger partial charge in [-0.2, -0.15) is 0 Å². The number of allylic oxidation sites excluding steroid dienone is 2. The van der Waals surface area contributed by atoms with Crippen LogP contribution in [0.5, 0.6) is 0 Å². The minimum atomic E-state index is -0.343. The van der Waals surface area contributed by atoms with Gasteiger partial charge in [-0.1, -0.05) is 44.8 Å². The van der Waals surface area contributed by atoms with E-state index in [-0.39, 0.29) is 12.0 Å². The first-order valence-corrected chi connectivity index (χ1v) is 11.0. The van der Waals surface area contributed by atoms with Crippen LogP contribution >= 0.6 is 0 Å². The summed E-state index contributed by atoms with van der Waals surface area (Å²) in [5.41, 5.74) is 0. The lowest BCUT2D eigenvalue weighted by Crippen LogP contribution is -2.22. The first-order valence-electron chi connectivity index (χ1n) is 11.0. The van der Waals surface area contributed by atoms with Crippen LogP contribution in [-0.2, 0) is 9.59 Å². The SMILES string of the molecule is CCCCCCCC(=O)CC[C@@H]1[C@H]2CC=CCCCC(=O)C[C@H]2C[C@H]1O. The Morgan fingerprint density at radius 1 is 1.15 bits per heavy atom. The lowest BCUT2D eigenvalue weighted by atomic mass is 9.80. The molecule has 0 unspecified atom stereocenters. The maximum absolute atomic E-state index is 12.2. The number of carbonyl (C=O) groups excluding carboxylic acids is 2. The van der Waals surface area contributed by atoms with Crippen LogP contribution in [0.15, 0.2) is 12.2 Å². The Balaban J connectivity index is 1.82. The number of Topliss-reactive ketones (excluding diaryl/α,β-unsaturated/α-hetero) is 2. The van der Waals surface area contributed by atoms with E-state index < -0.39 is 0 Å². The van der Waals surface area contributed by atoms with E-state index >= 15 is 0 Å². The fraction of sp³-hybridized carbons (Fsp3) is 0.826. The van der Waals surface area contributed by atoms with E-state index in [0.29, 0.717) is 49.1 Å². The normalized spacial score (nSPS) is 29.5.